The fourth-order valence-electron chi connectivity index (χ4n) is 2.05. The molecule has 2 N–H and O–H groups in total. The number of ether oxygens (including phenoxy) is 1. The fourth-order valence-corrected chi connectivity index (χ4v) is 2.05. The fraction of sp³-hybridized carbons (Fsp3) is 0.500. The zero-order chi connectivity index (χ0) is 13.0. The first-order valence-corrected chi connectivity index (χ1v) is 5.96. The van der Waals surface area contributed by atoms with Crippen LogP contribution in [0.4, 0.5) is 5.69 Å². The van der Waals surface area contributed by atoms with Crippen LogP contribution < -0.4 is 5.73 Å². The van der Waals surface area contributed by atoms with Crippen molar-refractivity contribution in [2.24, 2.45) is 5.73 Å². The molecule has 0 bridgehead atoms. The van der Waals surface area contributed by atoms with E-state index in [0.29, 0.717) is 13.2 Å². The van der Waals surface area contributed by atoms with Crippen molar-refractivity contribution in [2.45, 2.75) is 12.6 Å². The van der Waals surface area contributed by atoms with Gasteiger partial charge in [0.2, 0.25) is 0 Å². The van der Waals surface area contributed by atoms with Crippen molar-refractivity contribution < 1.29 is 9.66 Å². The summed E-state index contributed by atoms with van der Waals surface area (Å²) in [5, 5.41) is 10.5. The number of hydrogen-bond donors (Lipinski definition) is 1. The zero-order valence-electron chi connectivity index (χ0n) is 10.1. The third-order valence-electron chi connectivity index (χ3n) is 3.04. The maximum atomic E-state index is 10.5. The molecule has 1 heterocycles. The molecule has 6 nitrogen and oxygen atoms in total. The van der Waals surface area contributed by atoms with Crippen LogP contribution in [0.5, 0.6) is 0 Å². The Labute approximate surface area is 105 Å². The molecule has 1 unspecified atom stereocenters. The topological polar surface area (TPSA) is 81.6 Å². The monoisotopic (exact) mass is 251 g/mol. The lowest BCUT2D eigenvalue weighted by atomic mass is 10.1. The van der Waals surface area contributed by atoms with Crippen molar-refractivity contribution in [1.82, 2.24) is 4.90 Å². The van der Waals surface area contributed by atoms with Crippen LogP contribution in [0.1, 0.15) is 5.56 Å². The Bertz CT molecular complexity index is 408. The number of nitrogens with zero attached hydrogens (tertiary/aromatic N) is 2. The Morgan fingerprint density at radius 2 is 2.17 bits per heavy atom. The van der Waals surface area contributed by atoms with Gasteiger partial charge >= 0.3 is 0 Å². The van der Waals surface area contributed by atoms with Gasteiger partial charge in [0.1, 0.15) is 0 Å². The molecule has 0 aromatic heterocycles. The second-order valence-electron chi connectivity index (χ2n) is 4.39. The number of nitrogens with two attached hydrogens (primary N) is 1. The molecule has 1 aliphatic rings. The SMILES string of the molecule is NCC1CN(Cc2ccc([N+](=O)[O-])cc2)CCO1. The average molecular weight is 251 g/mol. The molecular formula is C12H17N3O3. The summed E-state index contributed by atoms with van der Waals surface area (Å²) in [6.07, 6.45) is 0.0943. The third kappa shape index (κ3) is 3.25. The highest BCUT2D eigenvalue weighted by Crippen LogP contribution is 2.14. The van der Waals surface area contributed by atoms with Gasteiger partial charge in [0.25, 0.3) is 5.69 Å². The Morgan fingerprint density at radius 3 is 2.78 bits per heavy atom. The molecule has 1 aromatic rings. The van der Waals surface area contributed by atoms with Crippen LogP contribution in [0.3, 0.4) is 0 Å². The molecule has 1 saturated heterocycles. The molecule has 1 aromatic carbocycles. The number of nitro benzene ring substituents is 1. The summed E-state index contributed by atoms with van der Waals surface area (Å²) in [6.45, 7) is 3.67. The summed E-state index contributed by atoms with van der Waals surface area (Å²) in [4.78, 5) is 12.4. The van der Waals surface area contributed by atoms with E-state index < -0.39 is 0 Å². The van der Waals surface area contributed by atoms with E-state index in [9.17, 15) is 10.1 Å². The maximum Gasteiger partial charge on any atom is 0.269 e. The molecule has 0 saturated carbocycles. The maximum absolute atomic E-state index is 10.5. The van der Waals surface area contributed by atoms with E-state index >= 15 is 0 Å². The Morgan fingerprint density at radius 1 is 1.44 bits per heavy atom. The van der Waals surface area contributed by atoms with E-state index in [1.807, 2.05) is 0 Å². The summed E-state index contributed by atoms with van der Waals surface area (Å²) in [5.74, 6) is 0. The Hall–Kier alpha value is -1.50. The molecule has 1 fully saturated rings. The molecule has 0 radical (unpaired) electrons. The quantitative estimate of drug-likeness (QED) is 0.631. The Kier molecular flexibility index (Phi) is 4.24. The van der Waals surface area contributed by atoms with Gasteiger partial charge in [-0.3, -0.25) is 15.0 Å². The third-order valence-corrected chi connectivity index (χ3v) is 3.04. The second kappa shape index (κ2) is 5.90. The van der Waals surface area contributed by atoms with E-state index in [-0.39, 0.29) is 16.7 Å². The minimum atomic E-state index is -0.386. The van der Waals surface area contributed by atoms with Gasteiger partial charge in [0.05, 0.1) is 17.6 Å². The minimum Gasteiger partial charge on any atom is -0.374 e. The van der Waals surface area contributed by atoms with Gasteiger partial charge in [-0.2, -0.15) is 0 Å². The lowest BCUT2D eigenvalue weighted by molar-refractivity contribution is -0.384. The van der Waals surface area contributed by atoms with Gasteiger partial charge in [-0.25, -0.2) is 0 Å². The van der Waals surface area contributed by atoms with Gasteiger partial charge in [-0.1, -0.05) is 12.1 Å². The van der Waals surface area contributed by atoms with Crippen molar-refractivity contribution in [1.29, 1.82) is 0 Å². The molecule has 1 atom stereocenters. The number of benzene rings is 1. The van der Waals surface area contributed by atoms with E-state index in [2.05, 4.69) is 4.90 Å². The van der Waals surface area contributed by atoms with Crippen LogP contribution in [0.2, 0.25) is 0 Å². The molecule has 0 spiro atoms. The van der Waals surface area contributed by atoms with E-state index in [1.165, 1.54) is 12.1 Å². The van der Waals surface area contributed by atoms with Crippen molar-refractivity contribution in [3.05, 3.63) is 39.9 Å². The average Bonchev–Trinajstić information content (AvgIpc) is 2.39. The van der Waals surface area contributed by atoms with E-state index in [4.69, 9.17) is 10.5 Å². The minimum absolute atomic E-state index is 0.0943. The standard InChI is InChI=1S/C12H17N3O3/c13-7-12-9-14(5-6-18-12)8-10-1-3-11(4-2-10)15(16)17/h1-4,12H,5-9,13H2. The number of non-ortho nitro benzene ring substituents is 1. The summed E-state index contributed by atoms with van der Waals surface area (Å²) < 4.78 is 5.49. The van der Waals surface area contributed by atoms with Crippen LogP contribution >= 0.6 is 0 Å². The summed E-state index contributed by atoms with van der Waals surface area (Å²) in [7, 11) is 0. The first-order valence-electron chi connectivity index (χ1n) is 5.96. The predicted molar refractivity (Wildman–Crippen MR) is 67.2 cm³/mol. The lowest BCUT2D eigenvalue weighted by Gasteiger charge is -2.32. The number of morpholine rings is 1. The van der Waals surface area contributed by atoms with Crippen molar-refractivity contribution >= 4 is 5.69 Å². The number of rotatable bonds is 4. The molecule has 6 heteroatoms. The van der Waals surface area contributed by atoms with Crippen molar-refractivity contribution in [2.75, 3.05) is 26.2 Å². The summed E-state index contributed by atoms with van der Waals surface area (Å²) >= 11 is 0. The highest BCUT2D eigenvalue weighted by Gasteiger charge is 2.19. The summed E-state index contributed by atoms with van der Waals surface area (Å²) in [5.41, 5.74) is 6.78. The van der Waals surface area contributed by atoms with Gasteiger partial charge in [0, 0.05) is 38.3 Å². The molecule has 98 valence electrons. The van der Waals surface area contributed by atoms with Crippen LogP contribution in [-0.4, -0.2) is 42.2 Å². The molecular weight excluding hydrogens is 234 g/mol. The van der Waals surface area contributed by atoms with Gasteiger partial charge in [-0.15, -0.1) is 0 Å². The van der Waals surface area contributed by atoms with Gasteiger partial charge < -0.3 is 10.5 Å². The van der Waals surface area contributed by atoms with E-state index in [1.54, 1.807) is 12.1 Å². The smallest absolute Gasteiger partial charge is 0.269 e. The molecule has 0 aliphatic carbocycles. The van der Waals surface area contributed by atoms with Gasteiger partial charge in [-0.05, 0) is 5.56 Å². The van der Waals surface area contributed by atoms with Crippen molar-refractivity contribution in [3.63, 3.8) is 0 Å². The highest BCUT2D eigenvalue weighted by atomic mass is 16.6. The molecule has 18 heavy (non-hydrogen) atoms. The van der Waals surface area contributed by atoms with Crippen LogP contribution in [0.25, 0.3) is 0 Å². The van der Waals surface area contributed by atoms with Gasteiger partial charge in [0.15, 0.2) is 0 Å². The normalized spacial score (nSPS) is 20.8. The van der Waals surface area contributed by atoms with Crippen LogP contribution in [-0.2, 0) is 11.3 Å². The zero-order valence-corrected chi connectivity index (χ0v) is 10.1. The van der Waals surface area contributed by atoms with Crippen molar-refractivity contribution in [3.8, 4) is 0 Å². The Balaban J connectivity index is 1.94. The molecule has 0 amide bonds. The van der Waals surface area contributed by atoms with Crippen LogP contribution in [0.15, 0.2) is 24.3 Å². The summed E-state index contributed by atoms with van der Waals surface area (Å²) in [6, 6.07) is 6.67. The lowest BCUT2D eigenvalue weighted by Crippen LogP contribution is -2.45. The predicted octanol–water partition coefficient (Wildman–Crippen LogP) is 0.754. The largest absolute Gasteiger partial charge is 0.374 e. The first-order chi connectivity index (χ1) is 8.69. The number of hydrogen-bond acceptors (Lipinski definition) is 5. The first kappa shape index (κ1) is 12.9. The van der Waals surface area contributed by atoms with Crippen LogP contribution in [0, 0.1) is 10.1 Å². The molecule has 2 rings (SSSR count). The number of nitro groups is 1. The van der Waals surface area contributed by atoms with E-state index in [0.717, 1.165) is 25.2 Å². The molecule has 1 aliphatic heterocycles. The second-order valence-corrected chi connectivity index (χ2v) is 4.39. The highest BCUT2D eigenvalue weighted by molar-refractivity contribution is 5.32.